The van der Waals surface area contributed by atoms with Gasteiger partial charge in [0.1, 0.15) is 5.75 Å². The largest absolute Gasteiger partial charge is 0.497 e. The Kier molecular flexibility index (Phi) is 6.37. The molecule has 7 nitrogen and oxygen atoms in total. The Labute approximate surface area is 189 Å². The fraction of sp³-hybridized carbons (Fsp3) is 0.440. The van der Waals surface area contributed by atoms with E-state index < -0.39 is 0 Å². The Bertz CT molecular complexity index is 987. The molecule has 7 heteroatoms. The Hall–Kier alpha value is -3.06. The first-order valence-corrected chi connectivity index (χ1v) is 11.3. The van der Waals surface area contributed by atoms with E-state index in [9.17, 15) is 9.59 Å². The molecule has 1 fully saturated rings. The van der Waals surface area contributed by atoms with Crippen molar-refractivity contribution < 1.29 is 14.3 Å². The molecule has 0 spiro atoms. The van der Waals surface area contributed by atoms with Crippen LogP contribution in [-0.2, 0) is 4.79 Å². The minimum absolute atomic E-state index is 0.0513. The van der Waals surface area contributed by atoms with Crippen molar-refractivity contribution in [3.63, 3.8) is 0 Å². The molecule has 1 saturated carbocycles. The lowest BCUT2D eigenvalue weighted by Crippen LogP contribution is -2.53. The molecule has 3 N–H and O–H groups in total. The minimum Gasteiger partial charge on any atom is -0.497 e. The maximum Gasteiger partial charge on any atom is 0.251 e. The highest BCUT2D eigenvalue weighted by atomic mass is 16.5. The first-order chi connectivity index (χ1) is 15.5. The van der Waals surface area contributed by atoms with Crippen LogP contribution in [0.1, 0.15) is 55.1 Å². The zero-order valence-corrected chi connectivity index (χ0v) is 19.0. The summed E-state index contributed by atoms with van der Waals surface area (Å²) in [5.74, 6) is 0.489. The molecule has 1 aliphatic heterocycles. The third-order valence-corrected chi connectivity index (χ3v) is 6.44. The van der Waals surface area contributed by atoms with Crippen LogP contribution in [0.3, 0.4) is 0 Å². The quantitative estimate of drug-likeness (QED) is 0.696. The molecule has 2 amide bonds. The van der Waals surface area contributed by atoms with Crippen molar-refractivity contribution in [2.24, 2.45) is 5.73 Å². The van der Waals surface area contributed by atoms with Crippen LogP contribution < -0.4 is 25.6 Å². The summed E-state index contributed by atoms with van der Waals surface area (Å²) in [5.41, 5.74) is 9.06. The van der Waals surface area contributed by atoms with Crippen LogP contribution in [0.25, 0.3) is 0 Å². The molecular weight excluding hydrogens is 404 g/mol. The first kappa shape index (κ1) is 22.1. The lowest BCUT2D eigenvalue weighted by molar-refractivity contribution is -0.117. The number of rotatable bonds is 7. The zero-order valence-electron chi connectivity index (χ0n) is 19.0. The van der Waals surface area contributed by atoms with Gasteiger partial charge < -0.3 is 25.6 Å². The average Bonchev–Trinajstić information content (AvgIpc) is 3.67. The molecule has 2 aliphatic rings. The van der Waals surface area contributed by atoms with Crippen molar-refractivity contribution in [2.75, 3.05) is 30.0 Å². The van der Waals surface area contributed by atoms with Crippen molar-refractivity contribution >= 4 is 23.2 Å². The van der Waals surface area contributed by atoms with Crippen LogP contribution >= 0.6 is 0 Å². The highest BCUT2D eigenvalue weighted by Crippen LogP contribution is 2.42. The fourth-order valence-electron chi connectivity index (χ4n) is 4.44. The number of hydrogen-bond acceptors (Lipinski definition) is 5. The Morgan fingerprint density at radius 3 is 2.47 bits per heavy atom. The number of nitrogens with one attached hydrogen (secondary N) is 1. The van der Waals surface area contributed by atoms with Crippen molar-refractivity contribution in [1.82, 2.24) is 5.32 Å². The van der Waals surface area contributed by atoms with Crippen molar-refractivity contribution in [3.8, 4) is 5.75 Å². The Balaban J connectivity index is 1.61. The molecule has 1 heterocycles. The highest BCUT2D eigenvalue weighted by molar-refractivity contribution is 6.03. The molecule has 1 aliphatic carbocycles. The van der Waals surface area contributed by atoms with E-state index in [0.29, 0.717) is 11.6 Å². The molecule has 32 heavy (non-hydrogen) atoms. The summed E-state index contributed by atoms with van der Waals surface area (Å²) in [6.07, 6.45) is 3.17. The molecular formula is C25H32N4O3. The number of anilines is 2. The third kappa shape index (κ3) is 4.30. The molecule has 0 aromatic heterocycles. The molecule has 2 atom stereocenters. The van der Waals surface area contributed by atoms with Crippen LogP contribution in [0.15, 0.2) is 42.5 Å². The van der Waals surface area contributed by atoms with Crippen LogP contribution in [0.2, 0.25) is 0 Å². The van der Waals surface area contributed by atoms with E-state index in [4.69, 9.17) is 10.5 Å². The molecule has 0 bridgehead atoms. The van der Waals surface area contributed by atoms with Gasteiger partial charge in [-0.1, -0.05) is 19.1 Å². The maximum atomic E-state index is 13.1. The van der Waals surface area contributed by atoms with E-state index in [1.54, 1.807) is 12.0 Å². The number of nitrogens with two attached hydrogens (primary N) is 1. The number of benzene rings is 2. The summed E-state index contributed by atoms with van der Waals surface area (Å²) in [6.45, 7) is 4.79. The zero-order chi connectivity index (χ0) is 22.8. The molecule has 2 aromatic carbocycles. The number of carbonyl (C=O) groups is 2. The summed E-state index contributed by atoms with van der Waals surface area (Å²) < 4.78 is 5.21. The van der Waals surface area contributed by atoms with Gasteiger partial charge in [-0.05, 0) is 62.1 Å². The normalized spacial score (nSPS) is 18.7. The van der Waals surface area contributed by atoms with Crippen LogP contribution in [0, 0.1) is 0 Å². The second-order valence-corrected chi connectivity index (χ2v) is 8.59. The lowest BCUT2D eigenvalue weighted by atomic mass is 10.0. The van der Waals surface area contributed by atoms with Gasteiger partial charge in [0.2, 0.25) is 5.91 Å². The summed E-state index contributed by atoms with van der Waals surface area (Å²) in [4.78, 5) is 30.0. The van der Waals surface area contributed by atoms with Gasteiger partial charge in [-0.15, -0.1) is 0 Å². The lowest BCUT2D eigenvalue weighted by Gasteiger charge is -2.43. The van der Waals surface area contributed by atoms with Crippen LogP contribution in [0.4, 0.5) is 11.4 Å². The number of hydrogen-bond donors (Lipinski definition) is 2. The predicted molar refractivity (Wildman–Crippen MR) is 126 cm³/mol. The molecule has 0 radical (unpaired) electrons. The molecule has 2 unspecified atom stereocenters. The molecule has 0 saturated heterocycles. The number of nitrogens with zero attached hydrogens (tertiary/aromatic N) is 2. The number of ether oxygens (including phenoxy) is 1. The summed E-state index contributed by atoms with van der Waals surface area (Å²) in [5, 5.41) is 3.06. The number of methoxy groups -OCH3 is 1. The maximum absolute atomic E-state index is 13.1. The summed E-state index contributed by atoms with van der Waals surface area (Å²) in [6, 6.07) is 13.7. The average molecular weight is 437 g/mol. The van der Waals surface area contributed by atoms with E-state index in [2.05, 4.69) is 17.1 Å². The Morgan fingerprint density at radius 1 is 1.16 bits per heavy atom. The SMILES string of the molecule is CCC1CN(C2CC2)c2ccc(C(=O)NC(C)c3ccc(OC)cc3)cc2N1C(=O)CN. The topological polar surface area (TPSA) is 87.9 Å². The molecule has 170 valence electrons. The van der Waals surface area contributed by atoms with Crippen LogP contribution in [0.5, 0.6) is 5.75 Å². The standard InChI is InChI=1S/C25H32N4O3/c1-4-19-15-28(20-8-9-20)22-12-7-18(13-23(22)29(19)24(30)14-26)25(31)27-16(2)17-5-10-21(32-3)11-6-17/h5-7,10-13,16,19-20H,4,8-9,14-15,26H2,1-3H3,(H,27,31). The van der Waals surface area contributed by atoms with E-state index in [0.717, 1.165) is 35.7 Å². The predicted octanol–water partition coefficient (Wildman–Crippen LogP) is 3.24. The van der Waals surface area contributed by atoms with Gasteiger partial charge in [-0.2, -0.15) is 0 Å². The number of carbonyl (C=O) groups excluding carboxylic acids is 2. The number of fused-ring (bicyclic) bond motifs is 1. The molecule has 2 aromatic rings. The van der Waals surface area contributed by atoms with Gasteiger partial charge in [0, 0.05) is 18.2 Å². The smallest absolute Gasteiger partial charge is 0.251 e. The van der Waals surface area contributed by atoms with Gasteiger partial charge in [0.25, 0.3) is 5.91 Å². The third-order valence-electron chi connectivity index (χ3n) is 6.44. The van der Waals surface area contributed by atoms with Crippen molar-refractivity contribution in [2.45, 2.75) is 51.2 Å². The first-order valence-electron chi connectivity index (χ1n) is 11.3. The van der Waals surface area contributed by atoms with Crippen molar-refractivity contribution in [1.29, 1.82) is 0 Å². The van der Waals surface area contributed by atoms with Gasteiger partial charge in [0.15, 0.2) is 0 Å². The van der Waals surface area contributed by atoms with Gasteiger partial charge in [-0.3, -0.25) is 9.59 Å². The van der Waals surface area contributed by atoms with E-state index in [1.807, 2.05) is 49.4 Å². The van der Waals surface area contributed by atoms with Crippen molar-refractivity contribution in [3.05, 3.63) is 53.6 Å². The second-order valence-electron chi connectivity index (χ2n) is 8.59. The minimum atomic E-state index is -0.173. The van der Waals surface area contributed by atoms with Crippen LogP contribution in [-0.4, -0.2) is 44.1 Å². The highest BCUT2D eigenvalue weighted by Gasteiger charge is 2.39. The number of amides is 2. The van der Waals surface area contributed by atoms with Gasteiger partial charge in [0.05, 0.1) is 37.1 Å². The summed E-state index contributed by atoms with van der Waals surface area (Å²) in [7, 11) is 1.63. The van der Waals surface area contributed by atoms with E-state index in [-0.39, 0.29) is 30.4 Å². The second kappa shape index (κ2) is 9.20. The monoisotopic (exact) mass is 436 g/mol. The van der Waals surface area contributed by atoms with E-state index in [1.165, 1.54) is 12.8 Å². The van der Waals surface area contributed by atoms with Gasteiger partial charge >= 0.3 is 0 Å². The molecule has 4 rings (SSSR count). The fourth-order valence-corrected chi connectivity index (χ4v) is 4.44. The Morgan fingerprint density at radius 2 is 1.88 bits per heavy atom. The summed E-state index contributed by atoms with van der Waals surface area (Å²) >= 11 is 0. The van der Waals surface area contributed by atoms with E-state index >= 15 is 0 Å². The van der Waals surface area contributed by atoms with Gasteiger partial charge in [-0.25, -0.2) is 0 Å².